The second-order valence-corrected chi connectivity index (χ2v) is 8.32. The molecule has 1 aliphatic rings. The number of anilines is 1. The average Bonchev–Trinajstić information content (AvgIpc) is 2.94. The van der Waals surface area contributed by atoms with Crippen molar-refractivity contribution in [3.63, 3.8) is 0 Å². The number of thiophene rings is 1. The number of amides is 1. The van der Waals surface area contributed by atoms with Crippen LogP contribution in [-0.2, 0) is 12.8 Å². The van der Waals surface area contributed by atoms with Gasteiger partial charge in [-0.05, 0) is 48.9 Å². The zero-order valence-corrected chi connectivity index (χ0v) is 15.9. The van der Waals surface area contributed by atoms with Gasteiger partial charge in [-0.2, -0.15) is 0 Å². The summed E-state index contributed by atoms with van der Waals surface area (Å²) in [6.45, 7) is 2.17. The molecule has 140 valence electrons. The van der Waals surface area contributed by atoms with E-state index in [1.807, 2.05) is 0 Å². The summed E-state index contributed by atoms with van der Waals surface area (Å²) in [7, 11) is 0. The quantitative estimate of drug-likeness (QED) is 0.587. The molecule has 1 aromatic carbocycles. The molecule has 4 rings (SSSR count). The van der Waals surface area contributed by atoms with Crippen LogP contribution in [0.5, 0.6) is 5.75 Å². The minimum absolute atomic E-state index is 0.00208. The second-order valence-electron chi connectivity index (χ2n) is 6.81. The predicted octanol–water partition coefficient (Wildman–Crippen LogP) is 4.46. The number of aromatic amines is 1. The van der Waals surface area contributed by atoms with Gasteiger partial charge in [-0.3, -0.25) is 9.59 Å². The molecular weight excluding hydrogens is 391 g/mol. The van der Waals surface area contributed by atoms with Gasteiger partial charge in [0.05, 0.1) is 16.1 Å². The topological polar surface area (TPSA) is 82.2 Å². The van der Waals surface area contributed by atoms with E-state index in [9.17, 15) is 19.1 Å². The van der Waals surface area contributed by atoms with Crippen molar-refractivity contribution in [1.29, 1.82) is 0 Å². The van der Waals surface area contributed by atoms with Crippen molar-refractivity contribution < 1.29 is 14.3 Å². The van der Waals surface area contributed by atoms with Crippen LogP contribution in [0, 0.1) is 11.7 Å². The van der Waals surface area contributed by atoms with Gasteiger partial charge in [0.25, 0.3) is 11.5 Å². The molecule has 1 amide bonds. The standard InChI is InChI=1S/C19H16ClFN2O3S/c1-8-2-4-10-13(6-8)27-19-14(10)16(24)15(18(26)23-19)17(25)22-12-5-3-9(21)7-11(12)20/h3,5,7-8H,2,4,6H2,1H3,(H,22,25)(H2,23,24,26)/t8-/m0/s1. The van der Waals surface area contributed by atoms with Crippen molar-refractivity contribution >= 4 is 44.7 Å². The van der Waals surface area contributed by atoms with Gasteiger partial charge in [0.1, 0.15) is 22.0 Å². The first-order valence-corrected chi connectivity index (χ1v) is 9.70. The first kappa shape index (κ1) is 18.0. The number of benzene rings is 1. The minimum Gasteiger partial charge on any atom is -0.506 e. The van der Waals surface area contributed by atoms with E-state index >= 15 is 0 Å². The summed E-state index contributed by atoms with van der Waals surface area (Å²) < 4.78 is 13.2. The molecular formula is C19H16ClFN2O3S. The number of aromatic hydroxyl groups is 1. The van der Waals surface area contributed by atoms with Crippen LogP contribution in [0.4, 0.5) is 10.1 Å². The van der Waals surface area contributed by atoms with Crippen LogP contribution >= 0.6 is 22.9 Å². The van der Waals surface area contributed by atoms with E-state index in [1.165, 1.54) is 17.4 Å². The molecule has 1 atom stereocenters. The smallest absolute Gasteiger partial charge is 0.265 e. The molecule has 3 N–H and O–H groups in total. The molecule has 3 aromatic rings. The van der Waals surface area contributed by atoms with E-state index < -0.39 is 17.3 Å². The number of nitrogens with one attached hydrogen (secondary N) is 2. The molecule has 0 unspecified atom stereocenters. The molecule has 1 aliphatic carbocycles. The Morgan fingerprint density at radius 1 is 1.44 bits per heavy atom. The van der Waals surface area contributed by atoms with E-state index in [-0.39, 0.29) is 22.0 Å². The Kier molecular flexibility index (Phi) is 4.44. The van der Waals surface area contributed by atoms with Crippen LogP contribution in [0.1, 0.15) is 34.1 Å². The number of H-pyrrole nitrogens is 1. The largest absolute Gasteiger partial charge is 0.506 e. The monoisotopic (exact) mass is 406 g/mol. The maximum absolute atomic E-state index is 13.2. The normalized spacial score (nSPS) is 16.3. The molecule has 0 saturated carbocycles. The number of aryl methyl sites for hydroxylation is 1. The summed E-state index contributed by atoms with van der Waals surface area (Å²) in [5.41, 5.74) is 0.100. The van der Waals surface area contributed by atoms with E-state index in [1.54, 1.807) is 0 Å². The van der Waals surface area contributed by atoms with Crippen LogP contribution in [0.25, 0.3) is 10.2 Å². The van der Waals surface area contributed by atoms with Crippen molar-refractivity contribution in [2.45, 2.75) is 26.2 Å². The number of carbonyl (C=O) groups excluding carboxylic acids is 1. The van der Waals surface area contributed by atoms with E-state index in [4.69, 9.17) is 11.6 Å². The number of hydrogen-bond donors (Lipinski definition) is 3. The molecule has 0 radical (unpaired) electrons. The first-order valence-electron chi connectivity index (χ1n) is 8.51. The fraction of sp³-hybridized carbons (Fsp3) is 0.263. The summed E-state index contributed by atoms with van der Waals surface area (Å²) in [6.07, 6.45) is 2.67. The van der Waals surface area contributed by atoms with E-state index in [2.05, 4.69) is 17.2 Å². The number of carbonyl (C=O) groups is 1. The Bertz CT molecular complexity index is 1140. The third kappa shape index (κ3) is 3.11. The molecule has 0 spiro atoms. The number of rotatable bonds is 2. The molecule has 0 aliphatic heterocycles. The number of hydrogen-bond acceptors (Lipinski definition) is 4. The minimum atomic E-state index is -0.798. The van der Waals surface area contributed by atoms with Crippen molar-refractivity contribution in [3.05, 3.63) is 55.4 Å². The van der Waals surface area contributed by atoms with Gasteiger partial charge in [-0.15, -0.1) is 11.3 Å². The van der Waals surface area contributed by atoms with E-state index in [0.29, 0.717) is 16.1 Å². The first-order chi connectivity index (χ1) is 12.8. The van der Waals surface area contributed by atoms with Crippen LogP contribution in [0.3, 0.4) is 0 Å². The summed E-state index contributed by atoms with van der Waals surface area (Å²) >= 11 is 7.38. The Hall–Kier alpha value is -2.38. The lowest BCUT2D eigenvalue weighted by atomic mass is 9.89. The van der Waals surface area contributed by atoms with Gasteiger partial charge in [0.2, 0.25) is 0 Å². The van der Waals surface area contributed by atoms with Gasteiger partial charge in [-0.25, -0.2) is 4.39 Å². The Morgan fingerprint density at radius 3 is 2.96 bits per heavy atom. The van der Waals surface area contributed by atoms with Gasteiger partial charge < -0.3 is 15.4 Å². The second kappa shape index (κ2) is 6.65. The molecule has 2 aromatic heterocycles. The highest BCUT2D eigenvalue weighted by atomic mass is 35.5. The van der Waals surface area contributed by atoms with Crippen LogP contribution in [0.2, 0.25) is 5.02 Å². The van der Waals surface area contributed by atoms with Gasteiger partial charge in [-0.1, -0.05) is 18.5 Å². The summed E-state index contributed by atoms with van der Waals surface area (Å²) in [5.74, 6) is -1.12. The Balaban J connectivity index is 1.79. The van der Waals surface area contributed by atoms with E-state index in [0.717, 1.165) is 41.8 Å². The fourth-order valence-corrected chi connectivity index (χ4v) is 5.10. The van der Waals surface area contributed by atoms with Crippen molar-refractivity contribution in [1.82, 2.24) is 4.98 Å². The predicted molar refractivity (Wildman–Crippen MR) is 105 cm³/mol. The lowest BCUT2D eigenvalue weighted by Crippen LogP contribution is -2.23. The number of fused-ring (bicyclic) bond motifs is 3. The molecule has 5 nitrogen and oxygen atoms in total. The van der Waals surface area contributed by atoms with Crippen molar-refractivity contribution in [2.24, 2.45) is 5.92 Å². The summed E-state index contributed by atoms with van der Waals surface area (Å²) in [4.78, 5) is 29.5. The lowest BCUT2D eigenvalue weighted by Gasteiger charge is -2.18. The SMILES string of the molecule is C[C@H]1CCc2c(sc3[nH]c(=O)c(C(=O)Nc4ccc(F)cc4Cl)c(O)c23)C1. The number of halogens is 2. The molecule has 8 heteroatoms. The molecule has 2 heterocycles. The molecule has 0 saturated heterocycles. The summed E-state index contributed by atoms with van der Waals surface area (Å²) in [6, 6.07) is 3.50. The lowest BCUT2D eigenvalue weighted by molar-refractivity contribution is 0.102. The highest BCUT2D eigenvalue weighted by Gasteiger charge is 2.27. The Morgan fingerprint density at radius 2 is 2.22 bits per heavy atom. The molecule has 27 heavy (non-hydrogen) atoms. The average molecular weight is 407 g/mol. The van der Waals surface area contributed by atoms with Gasteiger partial charge in [0, 0.05) is 4.88 Å². The van der Waals surface area contributed by atoms with Crippen LogP contribution in [-0.4, -0.2) is 16.0 Å². The molecule has 0 fully saturated rings. The fourth-order valence-electron chi connectivity index (χ4n) is 3.47. The summed E-state index contributed by atoms with van der Waals surface area (Å²) in [5, 5.41) is 13.7. The van der Waals surface area contributed by atoms with Crippen molar-refractivity contribution in [3.8, 4) is 5.75 Å². The number of aromatic nitrogens is 1. The van der Waals surface area contributed by atoms with Crippen molar-refractivity contribution in [2.75, 3.05) is 5.32 Å². The maximum atomic E-state index is 13.2. The van der Waals surface area contributed by atoms with Crippen LogP contribution in [0.15, 0.2) is 23.0 Å². The maximum Gasteiger partial charge on any atom is 0.265 e. The highest BCUT2D eigenvalue weighted by Crippen LogP contribution is 2.41. The Labute approximate surface area is 162 Å². The van der Waals surface area contributed by atoms with Gasteiger partial charge >= 0.3 is 0 Å². The van der Waals surface area contributed by atoms with Crippen LogP contribution < -0.4 is 10.9 Å². The number of pyridine rings is 1. The zero-order valence-electron chi connectivity index (χ0n) is 14.4. The van der Waals surface area contributed by atoms with Gasteiger partial charge in [0.15, 0.2) is 0 Å². The third-order valence-corrected chi connectivity index (χ3v) is 6.33. The molecule has 0 bridgehead atoms. The zero-order chi connectivity index (χ0) is 19.3. The third-order valence-electron chi connectivity index (χ3n) is 4.85. The highest BCUT2D eigenvalue weighted by molar-refractivity contribution is 7.18.